The predicted octanol–water partition coefficient (Wildman–Crippen LogP) is 2.87. The molecule has 2 N–H and O–H groups in total. The van der Waals surface area contributed by atoms with E-state index in [2.05, 4.69) is 16.7 Å². The van der Waals surface area contributed by atoms with Crippen LogP contribution < -0.4 is 10.6 Å². The molecule has 1 aliphatic carbocycles. The van der Waals surface area contributed by atoms with Crippen LogP contribution in [0.25, 0.3) is 0 Å². The fourth-order valence-corrected chi connectivity index (χ4v) is 4.87. The number of hydrogen-bond acceptors (Lipinski definition) is 6. The van der Waals surface area contributed by atoms with Gasteiger partial charge in [0.15, 0.2) is 0 Å². The number of rotatable bonds is 8. The molecule has 0 aromatic heterocycles. The number of carbonyl (C=O) groups is 2. The molecule has 1 saturated heterocycles. The molecule has 1 atom stereocenters. The first kappa shape index (κ1) is 26.9. The lowest BCUT2D eigenvalue weighted by atomic mass is 9.83. The van der Waals surface area contributed by atoms with Gasteiger partial charge in [-0.25, -0.2) is 9.79 Å². The van der Waals surface area contributed by atoms with Crippen LogP contribution in [-0.2, 0) is 9.53 Å². The summed E-state index contributed by atoms with van der Waals surface area (Å²) in [6.07, 6.45) is 6.98. The molecule has 1 heterocycles. The molecular formula is C24H42N6O3. The highest BCUT2D eigenvalue weighted by Crippen LogP contribution is 2.31. The Morgan fingerprint density at radius 1 is 1.18 bits per heavy atom. The number of nitriles is 1. The zero-order valence-electron chi connectivity index (χ0n) is 20.9. The summed E-state index contributed by atoms with van der Waals surface area (Å²) in [6.45, 7) is 8.65. The lowest BCUT2D eigenvalue weighted by Crippen LogP contribution is -2.57. The first-order valence-corrected chi connectivity index (χ1v) is 12.6. The second-order valence-corrected chi connectivity index (χ2v) is 9.02. The van der Waals surface area contributed by atoms with Crippen molar-refractivity contribution in [1.82, 2.24) is 20.4 Å². The van der Waals surface area contributed by atoms with Gasteiger partial charge in [-0.2, -0.15) is 5.26 Å². The average Bonchev–Trinajstić information content (AvgIpc) is 2.84. The van der Waals surface area contributed by atoms with Gasteiger partial charge < -0.3 is 19.9 Å². The lowest BCUT2D eigenvalue weighted by molar-refractivity contribution is -0.136. The number of ether oxygens (including phenoxy) is 1. The van der Waals surface area contributed by atoms with E-state index in [1.54, 1.807) is 18.9 Å². The van der Waals surface area contributed by atoms with Gasteiger partial charge in [0.2, 0.25) is 11.9 Å². The van der Waals surface area contributed by atoms with E-state index < -0.39 is 17.7 Å². The largest absolute Gasteiger partial charge is 0.450 e. The highest BCUT2D eigenvalue weighted by atomic mass is 16.5. The molecule has 2 aliphatic rings. The molecule has 1 saturated carbocycles. The molecule has 0 aromatic carbocycles. The average molecular weight is 463 g/mol. The van der Waals surface area contributed by atoms with Crippen molar-refractivity contribution < 1.29 is 14.3 Å². The molecule has 0 aromatic rings. The van der Waals surface area contributed by atoms with Crippen LogP contribution in [0.5, 0.6) is 0 Å². The zero-order chi connectivity index (χ0) is 24.3. The summed E-state index contributed by atoms with van der Waals surface area (Å²) in [7, 11) is 1.73. The fraction of sp³-hybridized carbons (Fsp3) is 0.833. The van der Waals surface area contributed by atoms with Crippen LogP contribution in [0.3, 0.4) is 0 Å². The number of guanidine groups is 1. The van der Waals surface area contributed by atoms with Gasteiger partial charge in [-0.15, -0.1) is 0 Å². The standard InChI is InChI=1S/C24H42N6O3/c1-5-30(6-2)22(28-23(32)33-7-3)27-20(17-19-11-9-8-10-12-19)21(31)29(4)24(18-25)13-15-26-16-14-24/h19-20,26H,5-17H2,1-4H3,(H,27,28,32). The van der Waals surface area contributed by atoms with Gasteiger partial charge in [-0.3, -0.25) is 10.1 Å². The van der Waals surface area contributed by atoms with E-state index in [0.717, 1.165) is 12.8 Å². The van der Waals surface area contributed by atoms with Gasteiger partial charge in [-0.05, 0) is 59.0 Å². The van der Waals surface area contributed by atoms with Crippen LogP contribution in [0.4, 0.5) is 4.79 Å². The molecule has 9 nitrogen and oxygen atoms in total. The molecule has 1 unspecified atom stereocenters. The Labute approximate surface area is 198 Å². The van der Waals surface area contributed by atoms with Crippen LogP contribution in [0, 0.1) is 17.2 Å². The third-order valence-electron chi connectivity index (χ3n) is 7.01. The van der Waals surface area contributed by atoms with Crippen LogP contribution in [0.2, 0.25) is 0 Å². The van der Waals surface area contributed by atoms with E-state index >= 15 is 0 Å². The minimum absolute atomic E-state index is 0.153. The maximum atomic E-state index is 13.8. The molecule has 0 spiro atoms. The van der Waals surface area contributed by atoms with Gasteiger partial charge >= 0.3 is 6.09 Å². The van der Waals surface area contributed by atoms with Crippen LogP contribution in [-0.4, -0.2) is 79.2 Å². The van der Waals surface area contributed by atoms with Crippen LogP contribution >= 0.6 is 0 Å². The molecule has 0 radical (unpaired) electrons. The van der Waals surface area contributed by atoms with Gasteiger partial charge in [0, 0.05) is 20.1 Å². The molecular weight excluding hydrogens is 420 g/mol. The number of aliphatic imine (C=N–C) groups is 1. The van der Waals surface area contributed by atoms with Crippen molar-refractivity contribution in [1.29, 1.82) is 5.26 Å². The van der Waals surface area contributed by atoms with Crippen molar-refractivity contribution in [3.8, 4) is 6.07 Å². The molecule has 186 valence electrons. The second kappa shape index (κ2) is 13.4. The monoisotopic (exact) mass is 462 g/mol. The Hall–Kier alpha value is -2.34. The number of nitrogens with one attached hydrogen (secondary N) is 2. The maximum absolute atomic E-state index is 13.8. The SMILES string of the molecule is CCOC(=O)NC(=NC(CC1CCCCC1)C(=O)N(C)C1(C#N)CCNCC1)N(CC)CC. The number of hydrogen-bond donors (Lipinski definition) is 2. The highest BCUT2D eigenvalue weighted by Gasteiger charge is 2.41. The number of likely N-dealkylation sites (N-methyl/N-ethyl adjacent to an activating group) is 1. The van der Waals surface area contributed by atoms with Crippen LogP contribution in [0.15, 0.2) is 4.99 Å². The van der Waals surface area contributed by atoms with E-state index in [0.29, 0.717) is 57.3 Å². The van der Waals surface area contributed by atoms with Gasteiger partial charge in [0.25, 0.3) is 0 Å². The van der Waals surface area contributed by atoms with E-state index in [4.69, 9.17) is 9.73 Å². The minimum atomic E-state index is -0.827. The quantitative estimate of drug-likeness (QED) is 0.424. The summed E-state index contributed by atoms with van der Waals surface area (Å²) in [5, 5.41) is 16.0. The molecule has 9 heteroatoms. The van der Waals surface area contributed by atoms with Crippen molar-refractivity contribution in [3.05, 3.63) is 0 Å². The third-order valence-corrected chi connectivity index (χ3v) is 7.01. The second-order valence-electron chi connectivity index (χ2n) is 9.02. The summed E-state index contributed by atoms with van der Waals surface area (Å²) < 4.78 is 5.08. The number of carbonyl (C=O) groups excluding carboxylic acids is 2. The summed E-state index contributed by atoms with van der Waals surface area (Å²) in [4.78, 5) is 34.4. The maximum Gasteiger partial charge on any atom is 0.413 e. The van der Waals surface area contributed by atoms with Gasteiger partial charge in [0.1, 0.15) is 11.6 Å². The lowest BCUT2D eigenvalue weighted by Gasteiger charge is -2.40. The zero-order valence-corrected chi connectivity index (χ0v) is 20.9. The number of amides is 2. The number of alkyl carbamates (subject to hydrolysis) is 1. The van der Waals surface area contributed by atoms with Crippen molar-refractivity contribution >= 4 is 18.0 Å². The molecule has 0 bridgehead atoms. The number of nitrogens with zero attached hydrogens (tertiary/aromatic N) is 4. The van der Waals surface area contributed by atoms with Crippen molar-refractivity contribution in [2.75, 3.05) is 39.8 Å². The van der Waals surface area contributed by atoms with Crippen molar-refractivity contribution in [3.63, 3.8) is 0 Å². The van der Waals surface area contributed by atoms with Crippen molar-refractivity contribution in [2.24, 2.45) is 10.9 Å². The molecule has 2 amide bonds. The Bertz CT molecular complexity index is 703. The predicted molar refractivity (Wildman–Crippen MR) is 129 cm³/mol. The highest BCUT2D eigenvalue weighted by molar-refractivity contribution is 5.96. The van der Waals surface area contributed by atoms with Crippen molar-refractivity contribution in [2.45, 2.75) is 83.7 Å². The summed E-state index contributed by atoms with van der Waals surface area (Å²) in [5.41, 5.74) is -0.827. The van der Waals surface area contributed by atoms with E-state index in [1.165, 1.54) is 19.3 Å². The van der Waals surface area contributed by atoms with Gasteiger partial charge in [0.05, 0.1) is 12.7 Å². The summed E-state index contributed by atoms with van der Waals surface area (Å²) >= 11 is 0. The van der Waals surface area contributed by atoms with E-state index in [1.807, 2.05) is 18.7 Å². The smallest absolute Gasteiger partial charge is 0.413 e. The first-order chi connectivity index (χ1) is 15.9. The molecule has 2 rings (SSSR count). The van der Waals surface area contributed by atoms with E-state index in [9.17, 15) is 14.9 Å². The summed E-state index contributed by atoms with van der Waals surface area (Å²) in [5.74, 6) is 0.619. The van der Waals surface area contributed by atoms with Crippen LogP contribution in [0.1, 0.15) is 72.1 Å². The minimum Gasteiger partial charge on any atom is -0.450 e. The Morgan fingerprint density at radius 3 is 2.36 bits per heavy atom. The van der Waals surface area contributed by atoms with E-state index in [-0.39, 0.29) is 12.5 Å². The topological polar surface area (TPSA) is 110 Å². The fourth-order valence-electron chi connectivity index (χ4n) is 4.87. The number of piperidine rings is 1. The normalized spacial score (nSPS) is 19.8. The summed E-state index contributed by atoms with van der Waals surface area (Å²) in [6, 6.07) is 1.76. The molecule has 2 fully saturated rings. The Balaban J connectivity index is 2.37. The van der Waals surface area contributed by atoms with Gasteiger partial charge in [-0.1, -0.05) is 32.1 Å². The Morgan fingerprint density at radius 2 is 1.82 bits per heavy atom. The molecule has 33 heavy (non-hydrogen) atoms. The first-order valence-electron chi connectivity index (χ1n) is 12.6. The molecule has 1 aliphatic heterocycles. The third kappa shape index (κ3) is 7.32. The Kier molecular flexibility index (Phi) is 10.9.